The van der Waals surface area contributed by atoms with E-state index in [0.717, 1.165) is 12.0 Å². The molecular formula is C25H34O6. The van der Waals surface area contributed by atoms with Gasteiger partial charge in [-0.2, -0.15) is 0 Å². The minimum Gasteiger partial charge on any atom is -0.393 e. The molecule has 9 atom stereocenters. The van der Waals surface area contributed by atoms with Gasteiger partial charge >= 0.3 is 0 Å². The van der Waals surface area contributed by atoms with Crippen LogP contribution in [0.5, 0.6) is 0 Å². The van der Waals surface area contributed by atoms with Gasteiger partial charge in [-0.25, -0.2) is 0 Å². The van der Waals surface area contributed by atoms with Crippen molar-refractivity contribution in [1.82, 2.24) is 0 Å². The van der Waals surface area contributed by atoms with Gasteiger partial charge in [0.25, 0.3) is 0 Å². The van der Waals surface area contributed by atoms with Crippen LogP contribution in [0.4, 0.5) is 0 Å². The molecule has 170 valence electrons. The van der Waals surface area contributed by atoms with Crippen LogP contribution in [0.2, 0.25) is 0 Å². The lowest BCUT2D eigenvalue weighted by Crippen LogP contribution is -2.63. The van der Waals surface area contributed by atoms with E-state index in [1.54, 1.807) is 0 Å². The molecule has 2 N–H and O–H groups in total. The maximum atomic E-state index is 13.5. The summed E-state index contributed by atoms with van der Waals surface area (Å²) in [7, 11) is 0. The van der Waals surface area contributed by atoms with Crippen molar-refractivity contribution in [1.29, 1.82) is 0 Å². The average molecular weight is 434 g/mol. The Bertz CT molecular complexity index is 988. The summed E-state index contributed by atoms with van der Waals surface area (Å²) in [6.45, 7) is 2.73. The second-order valence-corrected chi connectivity index (χ2v) is 10.5. The Hall–Kier alpha value is -1.34. The first-order valence-electron chi connectivity index (χ1n) is 13.0. The summed E-state index contributed by atoms with van der Waals surface area (Å²) < 4.78 is 36.5. The Morgan fingerprint density at radius 1 is 1.42 bits per heavy atom. The first kappa shape index (κ1) is 18.1. The highest BCUT2D eigenvalue weighted by Gasteiger charge is 2.75. The number of aliphatic hydroxyl groups excluding tert-OH is 1. The molecule has 3 saturated carbocycles. The second kappa shape index (κ2) is 7.08. The Morgan fingerprint density at radius 2 is 2.19 bits per heavy atom. The van der Waals surface area contributed by atoms with Crippen molar-refractivity contribution in [2.24, 2.45) is 28.6 Å². The van der Waals surface area contributed by atoms with Crippen molar-refractivity contribution < 1.29 is 33.4 Å². The van der Waals surface area contributed by atoms with Crippen molar-refractivity contribution in [3.63, 3.8) is 0 Å². The van der Waals surface area contributed by atoms with Crippen LogP contribution < -0.4 is 0 Å². The van der Waals surface area contributed by atoms with E-state index in [2.05, 4.69) is 0 Å². The molecule has 0 aromatic rings. The molecular weight excluding hydrogens is 396 g/mol. The maximum Gasteiger partial charge on any atom is 0.193 e. The van der Waals surface area contributed by atoms with Crippen molar-refractivity contribution >= 4 is 11.6 Å². The highest BCUT2D eigenvalue weighted by molar-refractivity contribution is 6.01. The molecule has 1 unspecified atom stereocenters. The molecule has 6 heteroatoms. The summed E-state index contributed by atoms with van der Waals surface area (Å²) in [6, 6.07) is 0.0153. The predicted molar refractivity (Wildman–Crippen MR) is 113 cm³/mol. The van der Waals surface area contributed by atoms with Crippen molar-refractivity contribution in [2.75, 3.05) is 6.56 Å². The van der Waals surface area contributed by atoms with E-state index in [1.807, 2.05) is 26.8 Å². The lowest BCUT2D eigenvalue weighted by molar-refractivity contribution is -0.200. The molecule has 0 aromatic carbocycles. The highest BCUT2D eigenvalue weighted by atomic mass is 16.7. The number of ketones is 2. The zero-order valence-corrected chi connectivity index (χ0v) is 18.4. The van der Waals surface area contributed by atoms with Crippen molar-refractivity contribution in [3.05, 3.63) is 23.8 Å². The normalized spacial score (nSPS) is 52.5. The van der Waals surface area contributed by atoms with Crippen LogP contribution in [0.25, 0.3) is 0 Å². The van der Waals surface area contributed by atoms with E-state index in [-0.39, 0.29) is 36.0 Å². The first-order valence-corrected chi connectivity index (χ1v) is 11.5. The Morgan fingerprint density at radius 3 is 2.90 bits per heavy atom. The zero-order valence-electron chi connectivity index (χ0n) is 21.4. The van der Waals surface area contributed by atoms with Crippen LogP contribution in [0, 0.1) is 28.6 Å². The monoisotopic (exact) mass is 433 g/mol. The molecule has 0 aromatic heterocycles. The number of Topliss-reactive ketones (excluding diaryl/α,β-unsaturated/α-hetero) is 1. The van der Waals surface area contributed by atoms with E-state index in [0.29, 0.717) is 25.7 Å². The third-order valence-electron chi connectivity index (χ3n) is 9.14. The van der Waals surface area contributed by atoms with Gasteiger partial charge in [0.05, 0.1) is 16.3 Å². The number of fused-ring (bicyclic) bond motifs is 7. The van der Waals surface area contributed by atoms with Crippen LogP contribution >= 0.6 is 0 Å². The average Bonchev–Trinajstić information content (AvgIpc) is 3.22. The third kappa shape index (κ3) is 2.65. The molecule has 1 heterocycles. The van der Waals surface area contributed by atoms with Gasteiger partial charge in [-0.1, -0.05) is 38.8 Å². The third-order valence-corrected chi connectivity index (χ3v) is 9.14. The minimum absolute atomic E-state index is 0.0153. The number of carbonyl (C=O) groups excluding carboxylic acids is 2. The quantitative estimate of drug-likeness (QED) is 0.708. The van der Waals surface area contributed by atoms with Gasteiger partial charge in [0.1, 0.15) is 6.56 Å². The van der Waals surface area contributed by atoms with Gasteiger partial charge in [-0.3, -0.25) is 9.59 Å². The summed E-state index contributed by atoms with van der Waals surface area (Å²) in [6.07, 6.45) is 4.20. The lowest BCUT2D eigenvalue weighted by atomic mass is 9.46. The van der Waals surface area contributed by atoms with Gasteiger partial charge in [-0.15, -0.1) is 0 Å². The summed E-state index contributed by atoms with van der Waals surface area (Å²) in [4.78, 5) is 25.7. The number of hydrogen-bond acceptors (Lipinski definition) is 6. The lowest BCUT2D eigenvalue weighted by Gasteiger charge is -2.59. The smallest absolute Gasteiger partial charge is 0.193 e. The summed E-state index contributed by atoms with van der Waals surface area (Å²) in [5.41, 5.74) is -2.50. The number of ether oxygens (including phenoxy) is 2. The molecule has 0 radical (unpaired) electrons. The molecule has 0 bridgehead atoms. The Balaban J connectivity index is 1.59. The standard InChI is InChI=1S/C25H34O6/c1-4-5-21-30-20-11-17-16-7-6-14-10-15(27)8-9-23(14,2)22(16)18(28)12-24(17,3)25(20,31-21)19(29)13-26/h8-10,16-18,20-22,26,28H,4-7,11-13H2,1-3H3/t16-,17-,18-,20+,21?,22+,23-,24-,25+/m0/s1/i10D,13D2. The zero-order chi connectivity index (χ0) is 24.8. The van der Waals surface area contributed by atoms with E-state index in [4.69, 9.17) is 13.6 Å². The fraction of sp³-hybridized carbons (Fsp3) is 0.760. The topological polar surface area (TPSA) is 93.1 Å². The van der Waals surface area contributed by atoms with E-state index >= 15 is 0 Å². The van der Waals surface area contributed by atoms with Crippen LogP contribution in [-0.4, -0.2) is 52.4 Å². The summed E-state index contributed by atoms with van der Waals surface area (Å²) >= 11 is 0. The number of hydrogen-bond donors (Lipinski definition) is 2. The van der Waals surface area contributed by atoms with Gasteiger partial charge in [-0.05, 0) is 56.1 Å². The Labute approximate surface area is 187 Å². The number of allylic oxidation sites excluding steroid dienone is 4. The van der Waals surface area contributed by atoms with Crippen LogP contribution in [0.15, 0.2) is 23.8 Å². The van der Waals surface area contributed by atoms with E-state index < -0.39 is 47.3 Å². The van der Waals surface area contributed by atoms with Crippen LogP contribution in [-0.2, 0) is 19.1 Å². The molecule has 0 amide bonds. The molecule has 31 heavy (non-hydrogen) atoms. The van der Waals surface area contributed by atoms with Gasteiger partial charge < -0.3 is 19.7 Å². The van der Waals surface area contributed by atoms with E-state index in [9.17, 15) is 19.8 Å². The predicted octanol–water partition coefficient (Wildman–Crippen LogP) is 2.72. The molecule has 4 fully saturated rings. The summed E-state index contributed by atoms with van der Waals surface area (Å²) in [5.74, 6) is -1.74. The minimum atomic E-state index is -3.09. The number of carbonyl (C=O) groups is 2. The molecule has 6 nitrogen and oxygen atoms in total. The van der Waals surface area contributed by atoms with Crippen LogP contribution in [0.3, 0.4) is 0 Å². The number of rotatable bonds is 4. The highest BCUT2D eigenvalue weighted by Crippen LogP contribution is 2.69. The summed E-state index contributed by atoms with van der Waals surface area (Å²) in [5, 5.41) is 21.8. The first-order chi connectivity index (χ1) is 15.8. The van der Waals surface area contributed by atoms with Crippen molar-refractivity contribution in [3.8, 4) is 0 Å². The van der Waals surface area contributed by atoms with Crippen LogP contribution in [0.1, 0.15) is 63.4 Å². The van der Waals surface area contributed by atoms with E-state index in [1.165, 1.54) is 6.08 Å². The maximum absolute atomic E-state index is 13.5. The van der Waals surface area contributed by atoms with Gasteiger partial charge in [0.15, 0.2) is 23.5 Å². The Kier molecular flexibility index (Phi) is 4.14. The molecule has 5 aliphatic rings. The largest absolute Gasteiger partial charge is 0.393 e. The second-order valence-electron chi connectivity index (χ2n) is 10.5. The molecule has 1 aliphatic heterocycles. The fourth-order valence-corrected chi connectivity index (χ4v) is 7.89. The van der Waals surface area contributed by atoms with Gasteiger partial charge in [0, 0.05) is 16.7 Å². The van der Waals surface area contributed by atoms with Gasteiger partial charge in [0.2, 0.25) is 0 Å². The number of aliphatic hydroxyl groups is 2. The molecule has 5 rings (SSSR count). The molecule has 0 spiro atoms. The molecule has 4 aliphatic carbocycles. The molecule has 1 saturated heterocycles. The van der Waals surface area contributed by atoms with Crippen molar-refractivity contribution in [2.45, 2.75) is 83.4 Å². The SMILES string of the molecule is [2H]C1=C2CC[C@@H]3[C@H]([C@@H](O)C[C@@]4(C)[C@H]3C[C@H]3OC(CCC)O[C@]34C(=O)C([2H])([2H])O)[C@@]2(C)C=CC1=O. The fourth-order valence-electron chi connectivity index (χ4n) is 7.89.